The van der Waals surface area contributed by atoms with Crippen molar-refractivity contribution in [2.75, 3.05) is 25.1 Å². The van der Waals surface area contributed by atoms with Crippen LogP contribution in [0.2, 0.25) is 0 Å². The zero-order valence-corrected chi connectivity index (χ0v) is 13.5. The Bertz CT molecular complexity index is 327. The lowest BCUT2D eigenvalue weighted by Gasteiger charge is -2.10. The average molecular weight is 323 g/mol. The molecule has 0 aliphatic carbocycles. The first-order chi connectivity index (χ1) is 9.43. The summed E-state index contributed by atoms with van der Waals surface area (Å²) >= 11 is 5.10. The highest BCUT2D eigenvalue weighted by Crippen LogP contribution is 1.98. The van der Waals surface area contributed by atoms with E-state index in [2.05, 4.69) is 10.6 Å². The maximum atomic E-state index is 10.8. The highest BCUT2D eigenvalue weighted by atomic mass is 32.2. The van der Waals surface area contributed by atoms with Crippen LogP contribution in [0.3, 0.4) is 0 Å². The van der Waals surface area contributed by atoms with E-state index >= 15 is 0 Å². The molecule has 0 aliphatic heterocycles. The second kappa shape index (κ2) is 12.0. The molecule has 0 spiro atoms. The van der Waals surface area contributed by atoms with Gasteiger partial charge < -0.3 is 21.5 Å². The molecule has 1 unspecified atom stereocenters. The topological polar surface area (TPSA) is 104 Å². The maximum Gasteiger partial charge on any atom is 0.320 e. The van der Waals surface area contributed by atoms with E-state index in [4.69, 9.17) is 23.1 Å². The first kappa shape index (κ1) is 19.3. The first-order valence-electron chi connectivity index (χ1n) is 6.73. The SMILES string of the molecule is CS(=O)CCCCNC(=S)NCCCC[C@H](N)C(=O)O. The molecule has 8 heteroatoms. The van der Waals surface area contributed by atoms with Gasteiger partial charge in [-0.1, -0.05) is 0 Å². The van der Waals surface area contributed by atoms with Crippen LogP contribution in [0.4, 0.5) is 0 Å². The molecule has 0 rings (SSSR count). The van der Waals surface area contributed by atoms with Crippen LogP contribution < -0.4 is 16.4 Å². The highest BCUT2D eigenvalue weighted by Gasteiger charge is 2.09. The number of hydrogen-bond acceptors (Lipinski definition) is 4. The predicted octanol–water partition coefficient (Wildman–Crippen LogP) is 0.191. The van der Waals surface area contributed by atoms with Gasteiger partial charge in [-0.05, 0) is 44.3 Å². The van der Waals surface area contributed by atoms with E-state index in [0.717, 1.165) is 38.0 Å². The standard InChI is InChI=1S/C12H25N3O3S2/c1-20(18)9-5-4-8-15-12(19)14-7-3-2-6-10(13)11(16)17/h10H,2-9,13H2,1H3,(H,16,17)(H2,14,15,19)/t10-,20?/m0/s1. The van der Waals surface area contributed by atoms with Gasteiger partial charge in [-0.15, -0.1) is 0 Å². The van der Waals surface area contributed by atoms with Gasteiger partial charge >= 0.3 is 5.97 Å². The van der Waals surface area contributed by atoms with Crippen LogP contribution in [0.5, 0.6) is 0 Å². The third-order valence-corrected chi connectivity index (χ3v) is 3.84. The molecule has 0 amide bonds. The normalized spacial score (nSPS) is 13.5. The van der Waals surface area contributed by atoms with E-state index in [1.54, 1.807) is 6.26 Å². The predicted molar refractivity (Wildman–Crippen MR) is 86.2 cm³/mol. The number of carboxylic acids is 1. The zero-order chi connectivity index (χ0) is 15.4. The van der Waals surface area contributed by atoms with Gasteiger partial charge in [-0.2, -0.15) is 0 Å². The van der Waals surface area contributed by atoms with Crippen molar-refractivity contribution in [1.82, 2.24) is 10.6 Å². The number of unbranched alkanes of at least 4 members (excludes halogenated alkanes) is 2. The number of nitrogens with two attached hydrogens (primary N) is 1. The number of hydrogen-bond donors (Lipinski definition) is 4. The molecule has 0 fully saturated rings. The number of rotatable bonds is 11. The van der Waals surface area contributed by atoms with Gasteiger partial charge in [-0.25, -0.2) is 0 Å². The van der Waals surface area contributed by atoms with E-state index in [-0.39, 0.29) is 0 Å². The third kappa shape index (κ3) is 12.3. The Balaban J connectivity index is 3.37. The van der Waals surface area contributed by atoms with Crippen LogP contribution >= 0.6 is 12.2 Å². The average Bonchev–Trinajstić information content (AvgIpc) is 2.37. The van der Waals surface area contributed by atoms with Crippen LogP contribution in [0.25, 0.3) is 0 Å². The van der Waals surface area contributed by atoms with Crippen LogP contribution in [0.1, 0.15) is 32.1 Å². The van der Waals surface area contributed by atoms with E-state index in [1.165, 1.54) is 0 Å². The Morgan fingerprint density at radius 1 is 1.25 bits per heavy atom. The van der Waals surface area contributed by atoms with Crippen LogP contribution in [0.15, 0.2) is 0 Å². The Morgan fingerprint density at radius 3 is 2.30 bits per heavy atom. The summed E-state index contributed by atoms with van der Waals surface area (Å²) in [6.45, 7) is 1.48. The summed E-state index contributed by atoms with van der Waals surface area (Å²) in [5.41, 5.74) is 5.39. The second-order valence-electron chi connectivity index (χ2n) is 4.61. The fourth-order valence-corrected chi connectivity index (χ4v) is 2.32. The number of thiocarbonyl (C=S) groups is 1. The van der Waals surface area contributed by atoms with Crippen LogP contribution in [-0.2, 0) is 15.6 Å². The zero-order valence-electron chi connectivity index (χ0n) is 11.9. The molecule has 6 nitrogen and oxygen atoms in total. The molecule has 0 heterocycles. The van der Waals surface area contributed by atoms with Gasteiger partial charge in [0.05, 0.1) is 0 Å². The molecule has 0 radical (unpaired) electrons. The summed E-state index contributed by atoms with van der Waals surface area (Å²) in [6, 6.07) is -0.774. The number of aliphatic carboxylic acids is 1. The van der Waals surface area contributed by atoms with Crippen molar-refractivity contribution < 1.29 is 14.1 Å². The molecular formula is C12H25N3O3S2. The molecular weight excluding hydrogens is 298 g/mol. The number of carbonyl (C=O) groups is 1. The molecule has 20 heavy (non-hydrogen) atoms. The van der Waals surface area contributed by atoms with Gasteiger partial charge in [0, 0.05) is 35.9 Å². The van der Waals surface area contributed by atoms with Gasteiger partial charge in [0.25, 0.3) is 0 Å². The fourth-order valence-electron chi connectivity index (χ4n) is 1.51. The van der Waals surface area contributed by atoms with Gasteiger partial charge in [0.2, 0.25) is 0 Å². The molecule has 2 atom stereocenters. The molecule has 118 valence electrons. The summed E-state index contributed by atoms with van der Waals surface area (Å²) in [6.07, 6.45) is 5.63. The molecule has 0 aromatic heterocycles. The van der Waals surface area contributed by atoms with E-state index in [9.17, 15) is 9.00 Å². The quantitative estimate of drug-likeness (QED) is 0.318. The van der Waals surface area contributed by atoms with Gasteiger partial charge in [0.15, 0.2) is 5.11 Å². The number of nitrogens with one attached hydrogen (secondary N) is 2. The Labute approximate surface area is 128 Å². The van der Waals surface area contributed by atoms with Crippen molar-refractivity contribution in [3.63, 3.8) is 0 Å². The lowest BCUT2D eigenvalue weighted by atomic mass is 10.1. The third-order valence-electron chi connectivity index (χ3n) is 2.69. The molecule has 5 N–H and O–H groups in total. The Hall–Kier alpha value is -0.730. The van der Waals surface area contributed by atoms with Crippen molar-refractivity contribution in [2.45, 2.75) is 38.1 Å². The van der Waals surface area contributed by atoms with Gasteiger partial charge in [-0.3, -0.25) is 9.00 Å². The second-order valence-corrected chi connectivity index (χ2v) is 6.57. The first-order valence-corrected chi connectivity index (χ1v) is 8.87. The van der Waals surface area contributed by atoms with E-state index in [1.807, 2.05) is 0 Å². The van der Waals surface area contributed by atoms with Crippen molar-refractivity contribution in [1.29, 1.82) is 0 Å². The summed E-state index contributed by atoms with van der Waals surface area (Å²) in [5, 5.41) is 15.3. The van der Waals surface area contributed by atoms with Gasteiger partial charge in [0.1, 0.15) is 6.04 Å². The molecule has 0 saturated carbocycles. The van der Waals surface area contributed by atoms with E-state index < -0.39 is 22.8 Å². The van der Waals surface area contributed by atoms with Crippen LogP contribution in [0, 0.1) is 0 Å². The minimum absolute atomic E-state index is 0.478. The molecule has 0 aliphatic rings. The summed E-state index contributed by atoms with van der Waals surface area (Å²) in [5.74, 6) is -0.228. The lowest BCUT2D eigenvalue weighted by Crippen LogP contribution is -2.36. The Kier molecular flexibility index (Phi) is 11.6. The molecule has 0 saturated heterocycles. The maximum absolute atomic E-state index is 10.8. The number of carboxylic acid groups (broad SMARTS) is 1. The largest absolute Gasteiger partial charge is 0.480 e. The smallest absolute Gasteiger partial charge is 0.320 e. The minimum Gasteiger partial charge on any atom is -0.480 e. The summed E-state index contributed by atoms with van der Waals surface area (Å²) in [7, 11) is -0.723. The highest BCUT2D eigenvalue weighted by molar-refractivity contribution is 7.84. The van der Waals surface area contributed by atoms with Crippen molar-refractivity contribution in [3.8, 4) is 0 Å². The van der Waals surface area contributed by atoms with Crippen molar-refractivity contribution in [3.05, 3.63) is 0 Å². The molecule has 0 bridgehead atoms. The Morgan fingerprint density at radius 2 is 1.80 bits per heavy atom. The lowest BCUT2D eigenvalue weighted by molar-refractivity contribution is -0.138. The molecule has 0 aromatic carbocycles. The van der Waals surface area contributed by atoms with Crippen LogP contribution in [-0.4, -0.2) is 51.5 Å². The monoisotopic (exact) mass is 323 g/mol. The summed E-state index contributed by atoms with van der Waals surface area (Å²) in [4.78, 5) is 10.5. The van der Waals surface area contributed by atoms with Crippen molar-refractivity contribution >= 4 is 34.1 Å². The minimum atomic E-state index is -0.955. The molecule has 0 aromatic rings. The summed E-state index contributed by atoms with van der Waals surface area (Å²) < 4.78 is 10.8. The van der Waals surface area contributed by atoms with Crippen molar-refractivity contribution in [2.24, 2.45) is 5.73 Å². The fraction of sp³-hybridized carbons (Fsp3) is 0.833. The van der Waals surface area contributed by atoms with E-state index in [0.29, 0.717) is 18.1 Å².